The molecule has 1 aliphatic carbocycles. The van der Waals surface area contributed by atoms with Gasteiger partial charge in [0.2, 0.25) is 5.91 Å². The van der Waals surface area contributed by atoms with Gasteiger partial charge in [-0.2, -0.15) is 0 Å². The maximum Gasteiger partial charge on any atom is 0.308 e. The smallest absolute Gasteiger partial charge is 0.308 e. The lowest BCUT2D eigenvalue weighted by Gasteiger charge is -2.35. The molecule has 0 heterocycles. The van der Waals surface area contributed by atoms with Crippen molar-refractivity contribution in [3.05, 3.63) is 0 Å². The Morgan fingerprint density at radius 1 is 1.29 bits per heavy atom. The predicted octanol–water partition coefficient (Wildman–Crippen LogP) is 2.18. The number of carbonyl (C=O) groups is 2. The average Bonchev–Trinajstić information content (AvgIpc) is 2.36. The van der Waals surface area contributed by atoms with Crippen LogP contribution in [0.4, 0.5) is 0 Å². The van der Waals surface area contributed by atoms with E-state index in [9.17, 15) is 9.59 Å². The topological polar surface area (TPSA) is 66.4 Å². The number of amides is 1. The van der Waals surface area contributed by atoms with Gasteiger partial charge in [-0.3, -0.25) is 9.59 Å². The minimum atomic E-state index is -0.862. The summed E-state index contributed by atoms with van der Waals surface area (Å²) in [7, 11) is 0. The summed E-state index contributed by atoms with van der Waals surface area (Å²) in [6, 6.07) is 0. The van der Waals surface area contributed by atoms with Crippen LogP contribution in [-0.4, -0.2) is 23.5 Å². The molecule has 17 heavy (non-hydrogen) atoms. The quantitative estimate of drug-likeness (QED) is 0.775. The van der Waals surface area contributed by atoms with Crippen LogP contribution in [-0.2, 0) is 9.59 Å². The molecule has 4 nitrogen and oxygen atoms in total. The second kappa shape index (κ2) is 6.03. The van der Waals surface area contributed by atoms with E-state index in [1.165, 1.54) is 6.42 Å². The number of rotatable bonds is 5. The van der Waals surface area contributed by atoms with Gasteiger partial charge in [0, 0.05) is 12.0 Å². The zero-order chi connectivity index (χ0) is 12.9. The van der Waals surface area contributed by atoms with E-state index in [1.807, 2.05) is 6.92 Å². The van der Waals surface area contributed by atoms with Crippen molar-refractivity contribution in [3.8, 4) is 0 Å². The molecular weight excluding hydrogens is 218 g/mol. The summed E-state index contributed by atoms with van der Waals surface area (Å²) in [6.07, 6.45) is 6.15. The highest BCUT2D eigenvalue weighted by Crippen LogP contribution is 2.39. The molecule has 1 fully saturated rings. The second-order valence-corrected chi connectivity index (χ2v) is 5.14. The molecule has 1 atom stereocenters. The van der Waals surface area contributed by atoms with E-state index in [-0.39, 0.29) is 17.9 Å². The largest absolute Gasteiger partial charge is 0.481 e. The maximum absolute atomic E-state index is 12.2. The molecule has 0 aromatic carbocycles. The van der Waals surface area contributed by atoms with Crippen molar-refractivity contribution in [2.75, 3.05) is 6.54 Å². The fourth-order valence-electron chi connectivity index (χ4n) is 2.49. The molecule has 0 aliphatic heterocycles. The lowest BCUT2D eigenvalue weighted by molar-refractivity contribution is -0.141. The molecule has 1 amide bonds. The molecule has 1 saturated carbocycles. The third-order valence-corrected chi connectivity index (χ3v) is 3.96. The normalized spacial score (nSPS) is 20.6. The van der Waals surface area contributed by atoms with E-state index in [0.717, 1.165) is 32.1 Å². The van der Waals surface area contributed by atoms with E-state index >= 15 is 0 Å². The molecule has 2 N–H and O–H groups in total. The second-order valence-electron chi connectivity index (χ2n) is 5.14. The van der Waals surface area contributed by atoms with Crippen LogP contribution in [0.3, 0.4) is 0 Å². The average molecular weight is 241 g/mol. The Labute approximate surface area is 103 Å². The number of aliphatic carboxylic acids is 1. The van der Waals surface area contributed by atoms with Crippen LogP contribution in [0.25, 0.3) is 0 Å². The zero-order valence-electron chi connectivity index (χ0n) is 10.8. The van der Waals surface area contributed by atoms with Gasteiger partial charge >= 0.3 is 5.97 Å². The van der Waals surface area contributed by atoms with Gasteiger partial charge in [0.25, 0.3) is 0 Å². The molecule has 0 aromatic heterocycles. The van der Waals surface area contributed by atoms with Crippen molar-refractivity contribution in [2.45, 2.75) is 52.4 Å². The highest BCUT2D eigenvalue weighted by Gasteiger charge is 2.37. The molecule has 1 aliphatic rings. The van der Waals surface area contributed by atoms with Gasteiger partial charge in [-0.15, -0.1) is 0 Å². The van der Waals surface area contributed by atoms with Crippen LogP contribution in [0, 0.1) is 11.3 Å². The summed E-state index contributed by atoms with van der Waals surface area (Å²) in [5.41, 5.74) is -0.240. The fraction of sp³-hybridized carbons (Fsp3) is 0.846. The summed E-state index contributed by atoms with van der Waals surface area (Å²) < 4.78 is 0. The molecule has 0 bridgehead atoms. The summed E-state index contributed by atoms with van der Waals surface area (Å²) in [5.74, 6) is -1.33. The Morgan fingerprint density at radius 3 is 2.35 bits per heavy atom. The Balaban J connectivity index is 2.52. The minimum Gasteiger partial charge on any atom is -0.481 e. The van der Waals surface area contributed by atoms with Gasteiger partial charge in [-0.05, 0) is 19.3 Å². The first-order valence-corrected chi connectivity index (χ1v) is 6.53. The molecule has 0 saturated heterocycles. The van der Waals surface area contributed by atoms with E-state index in [2.05, 4.69) is 5.32 Å². The maximum atomic E-state index is 12.2. The van der Waals surface area contributed by atoms with E-state index in [1.54, 1.807) is 6.92 Å². The molecular formula is C13H23NO3. The van der Waals surface area contributed by atoms with Gasteiger partial charge in [-0.25, -0.2) is 0 Å². The third kappa shape index (κ3) is 3.45. The van der Waals surface area contributed by atoms with Crippen LogP contribution in [0.5, 0.6) is 0 Å². The summed E-state index contributed by atoms with van der Waals surface area (Å²) in [5, 5.41) is 11.6. The number of carboxylic acids is 1. The Kier molecular flexibility index (Phi) is 4.97. The Hall–Kier alpha value is -1.06. The van der Waals surface area contributed by atoms with Crippen molar-refractivity contribution < 1.29 is 14.7 Å². The first kappa shape index (κ1) is 14.0. The molecule has 4 heteroatoms. The van der Waals surface area contributed by atoms with Crippen molar-refractivity contribution in [2.24, 2.45) is 11.3 Å². The number of hydrogen-bond donors (Lipinski definition) is 2. The van der Waals surface area contributed by atoms with Gasteiger partial charge < -0.3 is 10.4 Å². The Morgan fingerprint density at radius 2 is 1.88 bits per heavy atom. The van der Waals surface area contributed by atoms with Crippen molar-refractivity contribution in [1.82, 2.24) is 5.32 Å². The molecule has 0 radical (unpaired) electrons. The lowest BCUT2D eigenvalue weighted by Crippen LogP contribution is -2.44. The number of nitrogens with one attached hydrogen (secondary N) is 1. The molecule has 1 rings (SSSR count). The van der Waals surface area contributed by atoms with E-state index in [0.29, 0.717) is 0 Å². The van der Waals surface area contributed by atoms with Crippen molar-refractivity contribution in [3.63, 3.8) is 0 Å². The Bertz CT molecular complexity index is 282. The lowest BCUT2D eigenvalue weighted by atomic mass is 9.71. The van der Waals surface area contributed by atoms with Gasteiger partial charge in [0.05, 0.1) is 5.92 Å². The summed E-state index contributed by atoms with van der Waals surface area (Å²) in [4.78, 5) is 22.9. The summed E-state index contributed by atoms with van der Waals surface area (Å²) >= 11 is 0. The number of carboxylic acid groups (broad SMARTS) is 1. The van der Waals surface area contributed by atoms with Crippen LogP contribution in [0.15, 0.2) is 0 Å². The number of carbonyl (C=O) groups excluding carboxylic acids is 1. The predicted molar refractivity (Wildman–Crippen MR) is 65.6 cm³/mol. The van der Waals surface area contributed by atoms with Gasteiger partial charge in [0.15, 0.2) is 0 Å². The standard InChI is InChI=1S/C13H23NO3/c1-3-13(7-5-4-6-8-13)12(17)14-9-10(2)11(15)16/h10H,3-9H2,1-2H3,(H,14,17)(H,15,16). The van der Waals surface area contributed by atoms with Gasteiger partial charge in [-0.1, -0.05) is 33.1 Å². The van der Waals surface area contributed by atoms with E-state index in [4.69, 9.17) is 5.11 Å². The van der Waals surface area contributed by atoms with Crippen LogP contribution < -0.4 is 5.32 Å². The first-order chi connectivity index (χ1) is 8.02. The molecule has 0 spiro atoms. The first-order valence-electron chi connectivity index (χ1n) is 6.53. The minimum absolute atomic E-state index is 0.0489. The van der Waals surface area contributed by atoms with Crippen LogP contribution in [0.1, 0.15) is 52.4 Å². The van der Waals surface area contributed by atoms with Crippen LogP contribution >= 0.6 is 0 Å². The van der Waals surface area contributed by atoms with Crippen LogP contribution in [0.2, 0.25) is 0 Å². The third-order valence-electron chi connectivity index (χ3n) is 3.96. The highest BCUT2D eigenvalue weighted by molar-refractivity contribution is 5.83. The summed E-state index contributed by atoms with van der Waals surface area (Å²) in [6.45, 7) is 3.89. The number of hydrogen-bond acceptors (Lipinski definition) is 2. The highest BCUT2D eigenvalue weighted by atomic mass is 16.4. The fourth-order valence-corrected chi connectivity index (χ4v) is 2.49. The monoisotopic (exact) mass is 241 g/mol. The molecule has 0 aromatic rings. The molecule has 98 valence electrons. The van der Waals surface area contributed by atoms with Gasteiger partial charge in [0.1, 0.15) is 0 Å². The van der Waals surface area contributed by atoms with Crippen molar-refractivity contribution >= 4 is 11.9 Å². The molecule has 1 unspecified atom stereocenters. The zero-order valence-corrected chi connectivity index (χ0v) is 10.8. The van der Waals surface area contributed by atoms with E-state index < -0.39 is 11.9 Å². The SMILES string of the molecule is CCC1(C(=O)NCC(C)C(=O)O)CCCCC1. The van der Waals surface area contributed by atoms with Crippen molar-refractivity contribution in [1.29, 1.82) is 0 Å².